The minimum atomic E-state index is -0.442. The summed E-state index contributed by atoms with van der Waals surface area (Å²) in [6.45, 7) is 0. The third-order valence-electron chi connectivity index (χ3n) is 3.60. The molecule has 0 unspecified atom stereocenters. The van der Waals surface area contributed by atoms with Crippen LogP contribution in [0.2, 0.25) is 0 Å². The Labute approximate surface area is 154 Å². The Bertz CT molecular complexity index is 1230. The maximum atomic E-state index is 12.6. The van der Waals surface area contributed by atoms with Gasteiger partial charge >= 0.3 is 5.56 Å². The molecule has 0 fully saturated rings. The minimum absolute atomic E-state index is 0.170. The van der Waals surface area contributed by atoms with E-state index in [1.807, 2.05) is 42.5 Å². The number of benzene rings is 2. The molecule has 0 radical (unpaired) electrons. The van der Waals surface area contributed by atoms with E-state index in [4.69, 9.17) is 0 Å². The number of halogens is 1. The van der Waals surface area contributed by atoms with Crippen LogP contribution in [0.15, 0.2) is 68.7 Å². The molecular weight excluding hydrogens is 402 g/mol. The van der Waals surface area contributed by atoms with Crippen LogP contribution in [0.3, 0.4) is 0 Å². The number of thiazole rings is 1. The van der Waals surface area contributed by atoms with E-state index in [9.17, 15) is 9.59 Å². The van der Waals surface area contributed by atoms with Gasteiger partial charge in [0.25, 0.3) is 5.56 Å². The highest BCUT2D eigenvalue weighted by Crippen LogP contribution is 2.12. The van der Waals surface area contributed by atoms with Gasteiger partial charge in [-0.1, -0.05) is 69.7 Å². The quantitative estimate of drug-likeness (QED) is 0.508. The Hall–Kier alpha value is -2.64. The summed E-state index contributed by atoms with van der Waals surface area (Å²) in [4.78, 5) is 29.2. The maximum Gasteiger partial charge on any atom is 0.300 e. The normalized spacial score (nSPS) is 12.0. The Balaban J connectivity index is 1.93. The number of rotatable bonds is 2. The summed E-state index contributed by atoms with van der Waals surface area (Å²) >= 11 is 4.53. The first kappa shape index (κ1) is 15.9. The van der Waals surface area contributed by atoms with Crippen LogP contribution in [-0.2, 0) is 0 Å². The van der Waals surface area contributed by atoms with E-state index in [1.165, 1.54) is 4.52 Å². The van der Waals surface area contributed by atoms with Gasteiger partial charge in [-0.2, -0.15) is 14.6 Å². The highest BCUT2D eigenvalue weighted by Gasteiger charge is 2.12. The van der Waals surface area contributed by atoms with E-state index < -0.39 is 5.56 Å². The van der Waals surface area contributed by atoms with Crippen molar-refractivity contribution >= 4 is 38.3 Å². The molecule has 7 heteroatoms. The number of hydrogen-bond acceptors (Lipinski definition) is 5. The van der Waals surface area contributed by atoms with Crippen LogP contribution in [0.4, 0.5) is 0 Å². The van der Waals surface area contributed by atoms with Crippen molar-refractivity contribution < 1.29 is 0 Å². The summed E-state index contributed by atoms with van der Waals surface area (Å²) in [5, 5.41) is 4.23. The van der Waals surface area contributed by atoms with Gasteiger partial charge in [-0.25, -0.2) is 0 Å². The van der Waals surface area contributed by atoms with Crippen molar-refractivity contribution in [2.75, 3.05) is 0 Å². The molecule has 0 saturated carbocycles. The molecule has 2 aromatic heterocycles. The number of nitrogens with zero attached hydrogens (tertiary/aromatic N) is 3. The smallest absolute Gasteiger partial charge is 0.266 e. The summed E-state index contributed by atoms with van der Waals surface area (Å²) in [5.41, 5.74) is 0.968. The van der Waals surface area contributed by atoms with Crippen LogP contribution >= 0.6 is 27.3 Å². The zero-order valence-corrected chi connectivity index (χ0v) is 15.1. The van der Waals surface area contributed by atoms with Crippen LogP contribution in [0, 0.1) is 0 Å². The van der Waals surface area contributed by atoms with Gasteiger partial charge in [0.15, 0.2) is 5.69 Å². The fourth-order valence-corrected chi connectivity index (χ4v) is 3.56. The summed E-state index contributed by atoms with van der Waals surface area (Å²) in [5.74, 6) is 0. The first-order chi connectivity index (χ1) is 12.1. The van der Waals surface area contributed by atoms with Crippen molar-refractivity contribution in [1.82, 2.24) is 14.6 Å². The summed E-state index contributed by atoms with van der Waals surface area (Å²) in [6.07, 6.45) is 1.77. The SMILES string of the molecule is O=c1nc2sc(=Cc3ccc(Br)cc3)c(=O)n2nc1-c1ccccc1. The molecule has 2 heterocycles. The van der Waals surface area contributed by atoms with Gasteiger partial charge in [-0.15, -0.1) is 0 Å². The lowest BCUT2D eigenvalue weighted by molar-refractivity contribution is 0.873. The van der Waals surface area contributed by atoms with Gasteiger partial charge < -0.3 is 0 Å². The second-order valence-electron chi connectivity index (χ2n) is 5.29. The molecule has 0 spiro atoms. The molecule has 4 aromatic rings. The monoisotopic (exact) mass is 411 g/mol. The lowest BCUT2D eigenvalue weighted by Crippen LogP contribution is -2.26. The predicted octanol–water partition coefficient (Wildman–Crippen LogP) is 2.49. The number of aromatic nitrogens is 3. The highest BCUT2D eigenvalue weighted by molar-refractivity contribution is 9.10. The van der Waals surface area contributed by atoms with E-state index in [-0.39, 0.29) is 16.2 Å². The van der Waals surface area contributed by atoms with Crippen LogP contribution in [0.25, 0.3) is 22.3 Å². The minimum Gasteiger partial charge on any atom is -0.266 e. The Morgan fingerprint density at radius 1 is 1.00 bits per heavy atom. The third-order valence-corrected chi connectivity index (χ3v) is 5.09. The van der Waals surface area contributed by atoms with Gasteiger partial charge in [0.1, 0.15) is 0 Å². The van der Waals surface area contributed by atoms with Crippen LogP contribution in [0.5, 0.6) is 0 Å². The Kier molecular flexibility index (Phi) is 4.03. The average molecular weight is 412 g/mol. The molecule has 0 amide bonds. The highest BCUT2D eigenvalue weighted by atomic mass is 79.9. The van der Waals surface area contributed by atoms with E-state index in [0.717, 1.165) is 21.4 Å². The molecule has 122 valence electrons. The van der Waals surface area contributed by atoms with Crippen molar-refractivity contribution in [3.05, 3.63) is 89.9 Å². The van der Waals surface area contributed by atoms with Gasteiger partial charge in [0.05, 0.1) is 4.53 Å². The molecule has 0 atom stereocenters. The van der Waals surface area contributed by atoms with Gasteiger partial charge in [-0.05, 0) is 23.8 Å². The number of fused-ring (bicyclic) bond motifs is 1. The number of hydrogen-bond donors (Lipinski definition) is 0. The molecule has 0 saturated heterocycles. The second-order valence-corrected chi connectivity index (χ2v) is 7.22. The van der Waals surface area contributed by atoms with Gasteiger partial charge in [-0.3, -0.25) is 9.59 Å². The standard InChI is InChI=1S/C18H10BrN3O2S/c19-13-8-6-11(7-9-13)10-14-17(24)22-18(25-14)20-16(23)15(21-22)12-4-2-1-3-5-12/h1-10H. The summed E-state index contributed by atoms with van der Waals surface area (Å²) in [6, 6.07) is 16.6. The first-order valence-electron chi connectivity index (χ1n) is 7.38. The fraction of sp³-hybridized carbons (Fsp3) is 0. The van der Waals surface area contributed by atoms with E-state index in [1.54, 1.807) is 18.2 Å². The largest absolute Gasteiger partial charge is 0.300 e. The van der Waals surface area contributed by atoms with Crippen molar-refractivity contribution in [3.63, 3.8) is 0 Å². The summed E-state index contributed by atoms with van der Waals surface area (Å²) < 4.78 is 2.63. The van der Waals surface area contributed by atoms with Crippen LogP contribution < -0.4 is 15.7 Å². The van der Waals surface area contributed by atoms with Crippen molar-refractivity contribution in [3.8, 4) is 11.3 Å². The van der Waals surface area contributed by atoms with E-state index >= 15 is 0 Å². The summed E-state index contributed by atoms with van der Waals surface area (Å²) in [7, 11) is 0. The molecule has 25 heavy (non-hydrogen) atoms. The average Bonchev–Trinajstić information content (AvgIpc) is 2.92. The van der Waals surface area contributed by atoms with Crippen molar-refractivity contribution in [2.24, 2.45) is 0 Å². The molecule has 5 nitrogen and oxygen atoms in total. The fourth-order valence-electron chi connectivity index (χ4n) is 2.40. The third kappa shape index (κ3) is 3.04. The first-order valence-corrected chi connectivity index (χ1v) is 8.99. The van der Waals surface area contributed by atoms with Crippen molar-refractivity contribution in [1.29, 1.82) is 0 Å². The Morgan fingerprint density at radius 3 is 2.44 bits per heavy atom. The zero-order valence-electron chi connectivity index (χ0n) is 12.7. The van der Waals surface area contributed by atoms with E-state index in [0.29, 0.717) is 10.1 Å². The molecule has 0 aliphatic carbocycles. The van der Waals surface area contributed by atoms with Crippen molar-refractivity contribution in [2.45, 2.75) is 0 Å². The van der Waals surface area contributed by atoms with Gasteiger partial charge in [0.2, 0.25) is 4.96 Å². The topological polar surface area (TPSA) is 64.3 Å². The molecule has 0 N–H and O–H groups in total. The lowest BCUT2D eigenvalue weighted by Gasteiger charge is -1.98. The van der Waals surface area contributed by atoms with Crippen LogP contribution in [0.1, 0.15) is 5.56 Å². The molecule has 2 aromatic carbocycles. The Morgan fingerprint density at radius 2 is 1.72 bits per heavy atom. The molecule has 0 aliphatic heterocycles. The maximum absolute atomic E-state index is 12.6. The molecule has 0 aliphatic rings. The molecular formula is C18H10BrN3O2S. The lowest BCUT2D eigenvalue weighted by atomic mass is 10.2. The second kappa shape index (κ2) is 6.34. The zero-order chi connectivity index (χ0) is 17.4. The van der Waals surface area contributed by atoms with Crippen LogP contribution in [-0.4, -0.2) is 14.6 Å². The molecule has 0 bridgehead atoms. The van der Waals surface area contributed by atoms with Gasteiger partial charge in [0, 0.05) is 10.0 Å². The predicted molar refractivity (Wildman–Crippen MR) is 102 cm³/mol. The van der Waals surface area contributed by atoms with E-state index in [2.05, 4.69) is 26.0 Å². The molecule has 4 rings (SSSR count).